The lowest BCUT2D eigenvalue weighted by atomic mass is 10.1. The molecule has 1 aliphatic rings. The van der Waals surface area contributed by atoms with Crippen LogP contribution in [0.4, 0.5) is 4.39 Å². The highest BCUT2D eigenvalue weighted by molar-refractivity contribution is 8.00. The Morgan fingerprint density at radius 2 is 2.19 bits per heavy atom. The molecular formula is C13H18FNS. The van der Waals surface area contributed by atoms with Gasteiger partial charge in [0.2, 0.25) is 0 Å². The molecule has 0 heterocycles. The van der Waals surface area contributed by atoms with Crippen LogP contribution >= 0.6 is 11.8 Å². The standard InChI is InChI=1S/C13H18FNS/c1-10-3-4-12(14)11(7-10)8-15-9-13(16-2)5-6-13/h3-4,7,15H,5-6,8-9H2,1-2H3. The molecule has 1 aromatic rings. The average molecular weight is 239 g/mol. The van der Waals surface area contributed by atoms with Crippen LogP contribution in [0.2, 0.25) is 0 Å². The van der Waals surface area contributed by atoms with Crippen molar-refractivity contribution in [2.75, 3.05) is 12.8 Å². The average Bonchev–Trinajstić information content (AvgIpc) is 3.04. The molecule has 3 heteroatoms. The van der Waals surface area contributed by atoms with Gasteiger partial charge in [-0.1, -0.05) is 17.7 Å². The number of hydrogen-bond acceptors (Lipinski definition) is 2. The zero-order valence-corrected chi connectivity index (χ0v) is 10.7. The van der Waals surface area contributed by atoms with Gasteiger partial charge in [-0.25, -0.2) is 4.39 Å². The quantitative estimate of drug-likeness (QED) is 0.847. The minimum absolute atomic E-state index is 0.105. The van der Waals surface area contributed by atoms with E-state index < -0.39 is 0 Å². The van der Waals surface area contributed by atoms with Gasteiger partial charge in [0.25, 0.3) is 0 Å². The number of rotatable bonds is 5. The molecule has 2 rings (SSSR count). The van der Waals surface area contributed by atoms with E-state index in [1.165, 1.54) is 12.8 Å². The van der Waals surface area contributed by atoms with Crippen molar-refractivity contribution in [3.8, 4) is 0 Å². The molecule has 0 spiro atoms. The predicted molar refractivity (Wildman–Crippen MR) is 68.3 cm³/mol. The van der Waals surface area contributed by atoms with Gasteiger partial charge in [-0.15, -0.1) is 0 Å². The predicted octanol–water partition coefficient (Wildman–Crippen LogP) is 3.12. The Bertz CT molecular complexity index is 374. The first-order valence-corrected chi connectivity index (χ1v) is 6.89. The zero-order chi connectivity index (χ0) is 11.6. The van der Waals surface area contributed by atoms with Crippen molar-refractivity contribution in [1.82, 2.24) is 5.32 Å². The fourth-order valence-electron chi connectivity index (χ4n) is 1.86. The Morgan fingerprint density at radius 3 is 2.81 bits per heavy atom. The van der Waals surface area contributed by atoms with Crippen LogP contribution in [-0.2, 0) is 6.54 Å². The first kappa shape index (κ1) is 11.9. The van der Waals surface area contributed by atoms with Crippen molar-refractivity contribution < 1.29 is 4.39 Å². The van der Waals surface area contributed by atoms with Gasteiger partial charge in [-0.2, -0.15) is 11.8 Å². The number of aryl methyl sites for hydroxylation is 1. The molecule has 0 bridgehead atoms. The molecule has 0 radical (unpaired) electrons. The van der Waals surface area contributed by atoms with Crippen molar-refractivity contribution in [2.45, 2.75) is 31.1 Å². The van der Waals surface area contributed by atoms with Crippen molar-refractivity contribution in [3.05, 3.63) is 35.1 Å². The maximum absolute atomic E-state index is 13.4. The summed E-state index contributed by atoms with van der Waals surface area (Å²) in [7, 11) is 0. The molecule has 0 atom stereocenters. The van der Waals surface area contributed by atoms with Crippen molar-refractivity contribution in [3.63, 3.8) is 0 Å². The molecule has 0 aliphatic heterocycles. The van der Waals surface area contributed by atoms with Gasteiger partial charge in [-0.05, 0) is 32.1 Å². The number of benzene rings is 1. The fourth-order valence-corrected chi connectivity index (χ4v) is 2.61. The highest BCUT2D eigenvalue weighted by atomic mass is 32.2. The summed E-state index contributed by atoms with van der Waals surface area (Å²) in [6.07, 6.45) is 4.73. The van der Waals surface area contributed by atoms with E-state index in [2.05, 4.69) is 11.6 Å². The minimum Gasteiger partial charge on any atom is -0.311 e. The lowest BCUT2D eigenvalue weighted by Crippen LogP contribution is -2.25. The van der Waals surface area contributed by atoms with E-state index in [0.717, 1.165) is 17.7 Å². The van der Waals surface area contributed by atoms with E-state index >= 15 is 0 Å². The smallest absolute Gasteiger partial charge is 0.127 e. The van der Waals surface area contributed by atoms with Crippen LogP contribution < -0.4 is 5.32 Å². The van der Waals surface area contributed by atoms with E-state index in [4.69, 9.17) is 0 Å². The molecule has 0 amide bonds. The molecule has 1 N–H and O–H groups in total. The first-order chi connectivity index (χ1) is 7.65. The second-order valence-corrected chi connectivity index (χ2v) is 5.86. The number of nitrogens with one attached hydrogen (secondary N) is 1. The number of halogens is 1. The first-order valence-electron chi connectivity index (χ1n) is 5.66. The third-order valence-electron chi connectivity index (χ3n) is 3.20. The Hall–Kier alpha value is -0.540. The summed E-state index contributed by atoms with van der Waals surface area (Å²) in [5.41, 5.74) is 1.89. The second kappa shape index (κ2) is 4.76. The lowest BCUT2D eigenvalue weighted by molar-refractivity contribution is 0.583. The molecule has 0 saturated heterocycles. The van der Waals surface area contributed by atoms with Gasteiger partial charge in [-0.3, -0.25) is 0 Å². The Labute approximate surface area is 101 Å². The number of thioether (sulfide) groups is 1. The minimum atomic E-state index is -0.105. The normalized spacial score (nSPS) is 17.4. The number of hydrogen-bond donors (Lipinski definition) is 1. The van der Waals surface area contributed by atoms with Gasteiger partial charge in [0.05, 0.1) is 0 Å². The topological polar surface area (TPSA) is 12.0 Å². The highest BCUT2D eigenvalue weighted by Crippen LogP contribution is 2.46. The van der Waals surface area contributed by atoms with Crippen LogP contribution in [0.15, 0.2) is 18.2 Å². The third kappa shape index (κ3) is 2.77. The second-order valence-electron chi connectivity index (χ2n) is 4.59. The molecule has 1 nitrogen and oxygen atoms in total. The SMILES string of the molecule is CSC1(CNCc2cc(C)ccc2F)CC1. The van der Waals surface area contributed by atoms with Gasteiger partial charge >= 0.3 is 0 Å². The summed E-state index contributed by atoms with van der Waals surface area (Å²) >= 11 is 1.92. The summed E-state index contributed by atoms with van der Waals surface area (Å²) in [6, 6.07) is 5.28. The molecule has 1 aliphatic carbocycles. The molecule has 16 heavy (non-hydrogen) atoms. The van der Waals surface area contributed by atoms with E-state index in [-0.39, 0.29) is 5.82 Å². The summed E-state index contributed by atoms with van der Waals surface area (Å²) < 4.78 is 13.9. The summed E-state index contributed by atoms with van der Waals surface area (Å²) in [4.78, 5) is 0. The lowest BCUT2D eigenvalue weighted by Gasteiger charge is -2.13. The molecular weight excluding hydrogens is 221 g/mol. The molecule has 1 saturated carbocycles. The van der Waals surface area contributed by atoms with Crippen molar-refractivity contribution in [1.29, 1.82) is 0 Å². The van der Waals surface area contributed by atoms with E-state index in [0.29, 0.717) is 11.3 Å². The van der Waals surface area contributed by atoms with Crippen LogP contribution in [0.1, 0.15) is 24.0 Å². The largest absolute Gasteiger partial charge is 0.311 e. The Balaban J connectivity index is 1.87. The van der Waals surface area contributed by atoms with Crippen molar-refractivity contribution in [2.24, 2.45) is 0 Å². The van der Waals surface area contributed by atoms with Crippen LogP contribution in [0.5, 0.6) is 0 Å². The highest BCUT2D eigenvalue weighted by Gasteiger charge is 2.41. The van der Waals surface area contributed by atoms with E-state index in [1.54, 1.807) is 6.07 Å². The van der Waals surface area contributed by atoms with E-state index in [9.17, 15) is 4.39 Å². The molecule has 88 valence electrons. The van der Waals surface area contributed by atoms with Crippen molar-refractivity contribution >= 4 is 11.8 Å². The summed E-state index contributed by atoms with van der Waals surface area (Å²) in [6.45, 7) is 3.62. The van der Waals surface area contributed by atoms with Gasteiger partial charge in [0.1, 0.15) is 5.82 Å². The van der Waals surface area contributed by atoms with Crippen LogP contribution in [0.3, 0.4) is 0 Å². The van der Waals surface area contributed by atoms with Gasteiger partial charge < -0.3 is 5.32 Å². The van der Waals surface area contributed by atoms with E-state index in [1.807, 2.05) is 30.8 Å². The molecule has 0 aromatic heterocycles. The zero-order valence-electron chi connectivity index (χ0n) is 9.85. The van der Waals surface area contributed by atoms with Crippen LogP contribution in [0, 0.1) is 12.7 Å². The van der Waals surface area contributed by atoms with Gasteiger partial charge in [0.15, 0.2) is 0 Å². The maximum atomic E-state index is 13.4. The van der Waals surface area contributed by atoms with Crippen LogP contribution in [-0.4, -0.2) is 17.5 Å². The molecule has 1 aromatic carbocycles. The van der Waals surface area contributed by atoms with Gasteiger partial charge in [0, 0.05) is 23.4 Å². The molecule has 1 fully saturated rings. The third-order valence-corrected chi connectivity index (χ3v) is 4.62. The molecule has 0 unspecified atom stereocenters. The monoisotopic (exact) mass is 239 g/mol. The maximum Gasteiger partial charge on any atom is 0.127 e. The summed E-state index contributed by atoms with van der Waals surface area (Å²) in [5, 5.41) is 3.36. The Morgan fingerprint density at radius 1 is 1.44 bits per heavy atom. The fraction of sp³-hybridized carbons (Fsp3) is 0.538. The summed E-state index contributed by atoms with van der Waals surface area (Å²) in [5.74, 6) is -0.105. The van der Waals surface area contributed by atoms with Crippen LogP contribution in [0.25, 0.3) is 0 Å². The Kier molecular flexibility index (Phi) is 3.55.